The van der Waals surface area contributed by atoms with Gasteiger partial charge in [0.15, 0.2) is 18.5 Å². The lowest BCUT2D eigenvalue weighted by Gasteiger charge is -2.02. The summed E-state index contributed by atoms with van der Waals surface area (Å²) >= 11 is 0. The first-order valence-corrected chi connectivity index (χ1v) is 5.17. The van der Waals surface area contributed by atoms with Gasteiger partial charge in [-0.3, -0.25) is 0 Å². The third kappa shape index (κ3) is 2.42. The van der Waals surface area contributed by atoms with E-state index in [1.165, 1.54) is 10.6 Å². The Morgan fingerprint density at radius 1 is 1.12 bits per heavy atom. The maximum Gasteiger partial charge on any atom is 0.405 e. The molecule has 2 N–H and O–H groups in total. The average Bonchev–Trinajstić information content (AvgIpc) is 2.30. The molecule has 0 fully saturated rings. The topological polar surface area (TPSA) is 61.4 Å². The van der Waals surface area contributed by atoms with Crippen molar-refractivity contribution < 1.29 is 19.6 Å². The van der Waals surface area contributed by atoms with Crippen molar-refractivity contribution in [3.8, 4) is 5.75 Å². The molecule has 2 rings (SSSR count). The number of hydrogen-bond donors (Lipinski definition) is 2. The molecule has 0 spiro atoms. The van der Waals surface area contributed by atoms with E-state index in [-0.39, 0.29) is 11.4 Å². The van der Waals surface area contributed by atoms with Crippen LogP contribution < -0.4 is 4.57 Å². The molecule has 1 aromatic carbocycles. The fourth-order valence-corrected chi connectivity index (χ4v) is 1.68. The molecule has 0 saturated heterocycles. The zero-order valence-electron chi connectivity index (χ0n) is 9.08. The maximum atomic E-state index is 11.1. The monoisotopic (exact) mass is 230 g/mol. The molecule has 0 unspecified atom stereocenters. The summed E-state index contributed by atoms with van der Waals surface area (Å²) in [5, 5.41) is 18.6. The zero-order chi connectivity index (χ0) is 12.3. The Hall–Kier alpha value is -2.36. The molecule has 0 saturated carbocycles. The lowest BCUT2D eigenvalue weighted by atomic mass is 10.2. The summed E-state index contributed by atoms with van der Waals surface area (Å²) < 4.78 is 1.51. The number of aromatic nitrogens is 1. The second kappa shape index (κ2) is 4.65. The van der Waals surface area contributed by atoms with Crippen LogP contribution in [0, 0.1) is 0 Å². The highest BCUT2D eigenvalue weighted by Gasteiger charge is 2.23. The summed E-state index contributed by atoms with van der Waals surface area (Å²) in [6, 6.07) is 12.5. The number of nitrogens with zero attached hydrogens (tertiary/aromatic N) is 1. The van der Waals surface area contributed by atoms with Gasteiger partial charge in [0, 0.05) is 11.6 Å². The highest BCUT2D eigenvalue weighted by Crippen LogP contribution is 2.11. The van der Waals surface area contributed by atoms with Crippen molar-refractivity contribution in [3.63, 3.8) is 0 Å². The minimum atomic E-state index is -1.14. The van der Waals surface area contributed by atoms with E-state index in [4.69, 9.17) is 5.11 Å². The van der Waals surface area contributed by atoms with Gasteiger partial charge in [-0.2, -0.15) is 4.57 Å². The van der Waals surface area contributed by atoms with Crippen molar-refractivity contribution >= 4 is 5.97 Å². The molecule has 1 aromatic heterocycles. The molecular weight excluding hydrogens is 218 g/mol. The van der Waals surface area contributed by atoms with Crippen LogP contribution in [0.1, 0.15) is 16.1 Å². The van der Waals surface area contributed by atoms with Gasteiger partial charge in [-0.15, -0.1) is 0 Å². The number of pyridine rings is 1. The minimum absolute atomic E-state index is 0.101. The molecule has 0 aliphatic rings. The maximum absolute atomic E-state index is 11.1. The molecule has 0 radical (unpaired) electrons. The molecule has 0 atom stereocenters. The highest BCUT2D eigenvalue weighted by molar-refractivity contribution is 5.86. The molecular formula is C13H12NO3+. The highest BCUT2D eigenvalue weighted by atomic mass is 16.4. The van der Waals surface area contributed by atoms with Crippen LogP contribution in [0.25, 0.3) is 0 Å². The zero-order valence-corrected chi connectivity index (χ0v) is 9.08. The molecule has 17 heavy (non-hydrogen) atoms. The van der Waals surface area contributed by atoms with Gasteiger partial charge in [0.05, 0.1) is 0 Å². The van der Waals surface area contributed by atoms with Gasteiger partial charge >= 0.3 is 11.7 Å². The number of rotatable bonds is 3. The largest absolute Gasteiger partial charge is 0.502 e. The van der Waals surface area contributed by atoms with E-state index in [1.807, 2.05) is 30.3 Å². The summed E-state index contributed by atoms with van der Waals surface area (Å²) in [5.74, 6) is -1.37. The molecule has 1 heterocycles. The summed E-state index contributed by atoms with van der Waals surface area (Å²) in [4.78, 5) is 11.1. The predicted molar refractivity (Wildman–Crippen MR) is 60.8 cm³/mol. The predicted octanol–water partition coefficient (Wildman–Crippen LogP) is 1.43. The van der Waals surface area contributed by atoms with Gasteiger partial charge in [-0.25, -0.2) is 4.79 Å². The van der Waals surface area contributed by atoms with E-state index in [2.05, 4.69) is 0 Å². The van der Waals surface area contributed by atoms with Crippen molar-refractivity contribution in [3.05, 3.63) is 59.9 Å². The standard InChI is InChI=1S/C13H11NO3/c15-11-7-4-8-14(12(11)13(16)17)9-10-5-2-1-3-6-10/h1-8H,9H2,(H-,15,16,17)/p+1. The van der Waals surface area contributed by atoms with Crippen LogP contribution >= 0.6 is 0 Å². The van der Waals surface area contributed by atoms with Crippen LogP contribution in [0.4, 0.5) is 0 Å². The molecule has 4 heteroatoms. The minimum Gasteiger partial charge on any atom is -0.502 e. The lowest BCUT2D eigenvalue weighted by Crippen LogP contribution is -2.40. The Bertz CT molecular complexity index is 538. The molecule has 0 aliphatic carbocycles. The number of aromatic carboxylic acids is 1. The number of hydrogen-bond acceptors (Lipinski definition) is 2. The fraction of sp³-hybridized carbons (Fsp3) is 0.0769. The van der Waals surface area contributed by atoms with Gasteiger partial charge in [-0.1, -0.05) is 30.3 Å². The van der Waals surface area contributed by atoms with E-state index in [0.29, 0.717) is 6.54 Å². The van der Waals surface area contributed by atoms with Crippen LogP contribution in [0.5, 0.6) is 5.75 Å². The van der Waals surface area contributed by atoms with E-state index >= 15 is 0 Å². The van der Waals surface area contributed by atoms with Gasteiger partial charge in [-0.05, 0) is 6.07 Å². The number of carbonyl (C=O) groups is 1. The SMILES string of the molecule is O=C(O)c1c(O)ccc[n+]1Cc1ccccc1. The van der Waals surface area contributed by atoms with Crippen molar-refractivity contribution in [2.24, 2.45) is 0 Å². The number of benzene rings is 1. The first-order chi connectivity index (χ1) is 8.18. The van der Waals surface area contributed by atoms with Gasteiger partial charge < -0.3 is 10.2 Å². The van der Waals surface area contributed by atoms with Gasteiger partial charge in [0.1, 0.15) is 0 Å². The van der Waals surface area contributed by atoms with Crippen LogP contribution in [-0.2, 0) is 6.54 Å². The Morgan fingerprint density at radius 3 is 2.47 bits per heavy atom. The summed E-state index contributed by atoms with van der Waals surface area (Å²) in [5.41, 5.74) is 0.877. The lowest BCUT2D eigenvalue weighted by molar-refractivity contribution is -0.691. The molecule has 4 nitrogen and oxygen atoms in total. The number of carboxylic acid groups (broad SMARTS) is 1. The van der Waals surface area contributed by atoms with Crippen LogP contribution in [-0.4, -0.2) is 16.2 Å². The molecule has 0 bridgehead atoms. The van der Waals surface area contributed by atoms with E-state index in [9.17, 15) is 9.90 Å². The van der Waals surface area contributed by atoms with Crippen molar-refractivity contribution in [2.45, 2.75) is 6.54 Å². The first kappa shape index (κ1) is 11.1. The Labute approximate surface area is 98.4 Å². The summed E-state index contributed by atoms with van der Waals surface area (Å²) in [7, 11) is 0. The van der Waals surface area contributed by atoms with Crippen molar-refractivity contribution in [1.82, 2.24) is 0 Å². The third-order valence-electron chi connectivity index (χ3n) is 2.45. The van der Waals surface area contributed by atoms with E-state index in [0.717, 1.165) is 5.56 Å². The smallest absolute Gasteiger partial charge is 0.405 e. The van der Waals surface area contributed by atoms with Gasteiger partial charge in [0.2, 0.25) is 0 Å². The quantitative estimate of drug-likeness (QED) is 0.784. The fourth-order valence-electron chi connectivity index (χ4n) is 1.68. The van der Waals surface area contributed by atoms with E-state index < -0.39 is 5.97 Å². The molecule has 86 valence electrons. The second-order valence-electron chi connectivity index (χ2n) is 3.66. The third-order valence-corrected chi connectivity index (χ3v) is 2.45. The second-order valence-corrected chi connectivity index (χ2v) is 3.66. The van der Waals surface area contributed by atoms with Crippen LogP contribution in [0.2, 0.25) is 0 Å². The van der Waals surface area contributed by atoms with E-state index in [1.54, 1.807) is 12.3 Å². The molecule has 0 aliphatic heterocycles. The molecule has 0 amide bonds. The summed E-state index contributed by atoms with van der Waals surface area (Å²) in [6.07, 6.45) is 1.64. The average molecular weight is 230 g/mol. The Balaban J connectivity index is 2.40. The van der Waals surface area contributed by atoms with Crippen molar-refractivity contribution in [1.29, 1.82) is 0 Å². The number of carboxylic acids is 1. The Kier molecular flexibility index (Phi) is 3.05. The molecule has 2 aromatic rings. The van der Waals surface area contributed by atoms with Gasteiger partial charge in [0.25, 0.3) is 0 Å². The van der Waals surface area contributed by atoms with Crippen molar-refractivity contribution in [2.75, 3.05) is 0 Å². The number of aromatic hydroxyl groups is 1. The van der Waals surface area contributed by atoms with Crippen LogP contribution in [0.15, 0.2) is 48.7 Å². The first-order valence-electron chi connectivity index (χ1n) is 5.17. The Morgan fingerprint density at radius 2 is 1.82 bits per heavy atom. The normalized spacial score (nSPS) is 10.1. The summed E-state index contributed by atoms with van der Waals surface area (Å²) in [6.45, 7) is 0.414. The van der Waals surface area contributed by atoms with Crippen LogP contribution in [0.3, 0.4) is 0 Å².